The number of methoxy groups -OCH3 is 1. The SMILES string of the molecule is COCCCn1cnnc1SCC(=O)c1cc(C)n(-c2cc(C)on2)c1C. The number of ether oxygens (including phenoxy) is 1. The van der Waals surface area contributed by atoms with E-state index < -0.39 is 0 Å². The molecule has 27 heavy (non-hydrogen) atoms. The molecule has 3 aromatic rings. The molecule has 0 aromatic carbocycles. The lowest BCUT2D eigenvalue weighted by Gasteiger charge is -2.06. The van der Waals surface area contributed by atoms with E-state index in [1.54, 1.807) is 13.4 Å². The normalized spacial score (nSPS) is 11.3. The van der Waals surface area contributed by atoms with E-state index in [1.165, 1.54) is 11.8 Å². The van der Waals surface area contributed by atoms with Crippen molar-refractivity contribution in [3.63, 3.8) is 0 Å². The van der Waals surface area contributed by atoms with Gasteiger partial charge in [-0.15, -0.1) is 10.2 Å². The highest BCUT2D eigenvalue weighted by Gasteiger charge is 2.19. The third-order valence-corrected chi connectivity index (χ3v) is 5.22. The molecule has 0 spiro atoms. The van der Waals surface area contributed by atoms with E-state index in [0.29, 0.717) is 23.7 Å². The molecule has 3 rings (SSSR count). The fourth-order valence-electron chi connectivity index (χ4n) is 2.95. The number of aromatic nitrogens is 5. The molecule has 0 aliphatic heterocycles. The molecule has 9 heteroatoms. The zero-order valence-corrected chi connectivity index (χ0v) is 16.7. The van der Waals surface area contributed by atoms with Crippen molar-refractivity contribution in [2.45, 2.75) is 38.9 Å². The van der Waals surface area contributed by atoms with E-state index >= 15 is 0 Å². The summed E-state index contributed by atoms with van der Waals surface area (Å²) in [5.41, 5.74) is 2.48. The molecular formula is C18H23N5O3S. The average Bonchev–Trinajstić information content (AvgIpc) is 3.33. The van der Waals surface area contributed by atoms with Crippen molar-refractivity contribution < 1.29 is 14.1 Å². The van der Waals surface area contributed by atoms with Gasteiger partial charge in [0, 0.05) is 43.3 Å². The highest BCUT2D eigenvalue weighted by molar-refractivity contribution is 7.99. The van der Waals surface area contributed by atoms with Crippen molar-refractivity contribution in [2.75, 3.05) is 19.5 Å². The molecule has 0 amide bonds. The first kappa shape index (κ1) is 19.4. The maximum atomic E-state index is 12.8. The minimum absolute atomic E-state index is 0.0472. The number of rotatable bonds is 9. The number of nitrogens with zero attached hydrogens (tertiary/aromatic N) is 5. The van der Waals surface area contributed by atoms with Gasteiger partial charge in [-0.1, -0.05) is 16.9 Å². The smallest absolute Gasteiger partial charge is 0.191 e. The minimum atomic E-state index is 0.0472. The molecule has 0 saturated carbocycles. The lowest BCUT2D eigenvalue weighted by Crippen LogP contribution is -2.07. The third-order valence-electron chi connectivity index (χ3n) is 4.24. The summed E-state index contributed by atoms with van der Waals surface area (Å²) in [6.45, 7) is 7.15. The number of aryl methyl sites for hydroxylation is 3. The highest BCUT2D eigenvalue weighted by Crippen LogP contribution is 2.23. The Bertz CT molecular complexity index is 927. The molecule has 0 fully saturated rings. The summed E-state index contributed by atoms with van der Waals surface area (Å²) in [6, 6.07) is 3.75. The Kier molecular flexibility index (Phi) is 6.12. The summed E-state index contributed by atoms with van der Waals surface area (Å²) < 4.78 is 14.1. The van der Waals surface area contributed by atoms with Gasteiger partial charge in [0.2, 0.25) is 0 Å². The van der Waals surface area contributed by atoms with Crippen LogP contribution < -0.4 is 0 Å². The molecule has 0 N–H and O–H groups in total. The zero-order chi connectivity index (χ0) is 19.4. The molecular weight excluding hydrogens is 366 g/mol. The van der Waals surface area contributed by atoms with Crippen molar-refractivity contribution >= 4 is 17.5 Å². The lowest BCUT2D eigenvalue weighted by atomic mass is 10.2. The van der Waals surface area contributed by atoms with E-state index in [9.17, 15) is 4.79 Å². The van der Waals surface area contributed by atoms with Gasteiger partial charge in [0.05, 0.1) is 5.75 Å². The molecule has 0 atom stereocenters. The van der Waals surface area contributed by atoms with Crippen LogP contribution in [0.3, 0.4) is 0 Å². The predicted octanol–water partition coefficient (Wildman–Crippen LogP) is 2.99. The van der Waals surface area contributed by atoms with E-state index in [-0.39, 0.29) is 5.78 Å². The molecule has 0 radical (unpaired) electrons. The van der Waals surface area contributed by atoms with E-state index in [1.807, 2.05) is 42.0 Å². The van der Waals surface area contributed by atoms with Gasteiger partial charge in [-0.2, -0.15) is 0 Å². The van der Waals surface area contributed by atoms with Crippen LogP contribution in [-0.4, -0.2) is 49.7 Å². The number of carbonyl (C=O) groups excluding carboxylic acids is 1. The Balaban J connectivity index is 1.70. The number of Topliss-reactive ketones (excluding diaryl/α,β-unsaturated/α-hetero) is 1. The summed E-state index contributed by atoms with van der Waals surface area (Å²) in [6.07, 6.45) is 2.55. The molecule has 0 aliphatic carbocycles. The topological polar surface area (TPSA) is 88.0 Å². The Morgan fingerprint density at radius 1 is 1.30 bits per heavy atom. The number of hydrogen-bond acceptors (Lipinski definition) is 7. The number of carbonyl (C=O) groups is 1. The standard InChI is InChI=1S/C18H23N5O3S/c1-12-8-15(14(3)23(12)17-9-13(2)26-21-17)16(24)10-27-18-20-19-11-22(18)6-5-7-25-4/h8-9,11H,5-7,10H2,1-4H3. The number of hydrogen-bond donors (Lipinski definition) is 0. The second kappa shape index (κ2) is 8.53. The average molecular weight is 389 g/mol. The summed E-state index contributed by atoms with van der Waals surface area (Å²) in [5, 5.41) is 12.8. The van der Waals surface area contributed by atoms with Gasteiger partial charge < -0.3 is 13.8 Å². The van der Waals surface area contributed by atoms with E-state index in [4.69, 9.17) is 9.26 Å². The van der Waals surface area contributed by atoms with Crippen LogP contribution in [0.4, 0.5) is 0 Å². The first-order valence-electron chi connectivity index (χ1n) is 8.66. The van der Waals surface area contributed by atoms with Crippen molar-refractivity contribution in [2.24, 2.45) is 0 Å². The number of thioether (sulfide) groups is 1. The van der Waals surface area contributed by atoms with Crippen molar-refractivity contribution in [3.8, 4) is 5.82 Å². The number of ketones is 1. The molecule has 0 bridgehead atoms. The fourth-order valence-corrected chi connectivity index (χ4v) is 3.78. The van der Waals surface area contributed by atoms with Gasteiger partial charge in [-0.3, -0.25) is 9.36 Å². The molecule has 0 saturated heterocycles. The van der Waals surface area contributed by atoms with Crippen LogP contribution in [-0.2, 0) is 11.3 Å². The van der Waals surface area contributed by atoms with Crippen LogP contribution in [0.15, 0.2) is 28.1 Å². The summed E-state index contributed by atoms with van der Waals surface area (Å²) in [4.78, 5) is 12.8. The van der Waals surface area contributed by atoms with Gasteiger partial charge in [-0.05, 0) is 33.3 Å². The van der Waals surface area contributed by atoms with Gasteiger partial charge in [0.15, 0.2) is 16.8 Å². The molecule has 0 aliphatic rings. The van der Waals surface area contributed by atoms with Crippen LogP contribution in [0.5, 0.6) is 0 Å². The monoisotopic (exact) mass is 389 g/mol. The molecule has 3 heterocycles. The van der Waals surface area contributed by atoms with Crippen molar-refractivity contribution in [3.05, 3.63) is 41.2 Å². The Labute approximate surface area is 161 Å². The largest absolute Gasteiger partial charge is 0.385 e. The molecule has 144 valence electrons. The summed E-state index contributed by atoms with van der Waals surface area (Å²) >= 11 is 1.39. The van der Waals surface area contributed by atoms with Crippen LogP contribution in [0.25, 0.3) is 5.82 Å². The van der Waals surface area contributed by atoms with Gasteiger partial charge in [-0.25, -0.2) is 0 Å². The molecule has 8 nitrogen and oxygen atoms in total. The van der Waals surface area contributed by atoms with Crippen LogP contribution in [0, 0.1) is 20.8 Å². The van der Waals surface area contributed by atoms with Crippen molar-refractivity contribution in [1.82, 2.24) is 24.5 Å². The van der Waals surface area contributed by atoms with E-state index in [2.05, 4.69) is 15.4 Å². The summed E-state index contributed by atoms with van der Waals surface area (Å²) in [7, 11) is 1.68. The minimum Gasteiger partial charge on any atom is -0.385 e. The maximum absolute atomic E-state index is 12.8. The van der Waals surface area contributed by atoms with Crippen molar-refractivity contribution in [1.29, 1.82) is 0 Å². The second-order valence-electron chi connectivity index (χ2n) is 6.28. The van der Waals surface area contributed by atoms with Gasteiger partial charge >= 0.3 is 0 Å². The summed E-state index contributed by atoms with van der Waals surface area (Å²) in [5.74, 6) is 1.76. The van der Waals surface area contributed by atoms with Gasteiger partial charge in [0.25, 0.3) is 0 Å². The van der Waals surface area contributed by atoms with Crippen LogP contribution in [0.2, 0.25) is 0 Å². The lowest BCUT2D eigenvalue weighted by molar-refractivity contribution is 0.102. The Morgan fingerprint density at radius 2 is 2.11 bits per heavy atom. The van der Waals surface area contributed by atoms with E-state index in [0.717, 1.165) is 35.3 Å². The third kappa shape index (κ3) is 4.30. The first-order valence-corrected chi connectivity index (χ1v) is 9.65. The molecule has 3 aromatic heterocycles. The molecule has 0 unspecified atom stereocenters. The Hall–Kier alpha value is -2.39. The van der Waals surface area contributed by atoms with Gasteiger partial charge in [0.1, 0.15) is 12.1 Å². The Morgan fingerprint density at radius 3 is 2.81 bits per heavy atom. The quantitative estimate of drug-likeness (QED) is 0.316. The predicted molar refractivity (Wildman–Crippen MR) is 102 cm³/mol. The fraction of sp³-hybridized carbons (Fsp3) is 0.444. The van der Waals surface area contributed by atoms with Crippen LogP contribution >= 0.6 is 11.8 Å². The highest BCUT2D eigenvalue weighted by atomic mass is 32.2. The zero-order valence-electron chi connectivity index (χ0n) is 15.9. The second-order valence-corrected chi connectivity index (χ2v) is 7.22. The maximum Gasteiger partial charge on any atom is 0.191 e. The first-order chi connectivity index (χ1) is 13.0. The van der Waals surface area contributed by atoms with Crippen LogP contribution in [0.1, 0.15) is 33.9 Å².